The van der Waals surface area contributed by atoms with Gasteiger partial charge in [0.15, 0.2) is 0 Å². The van der Waals surface area contributed by atoms with E-state index < -0.39 is 5.97 Å². The zero-order chi connectivity index (χ0) is 22.5. The zero-order valence-corrected chi connectivity index (χ0v) is 18.9. The number of para-hydroxylation sites is 1. The fourth-order valence-corrected chi connectivity index (χ4v) is 4.12. The lowest BCUT2D eigenvalue weighted by Crippen LogP contribution is -2.07. The molecule has 0 amide bonds. The molecule has 0 radical (unpaired) electrons. The van der Waals surface area contributed by atoms with Gasteiger partial charge in [0.2, 0.25) is 5.78 Å². The number of H-pyrrole nitrogens is 1. The SMILES string of the molecule is O=C(O)CCCc1c(C(=O)c2cccc(COc3cccc(Br)c3)c2)[nH]c2ccccc12. The minimum Gasteiger partial charge on any atom is -0.489 e. The van der Waals surface area contributed by atoms with Crippen LogP contribution in [0.1, 0.15) is 40.0 Å². The smallest absolute Gasteiger partial charge is 0.303 e. The first-order chi connectivity index (χ1) is 15.5. The predicted octanol–water partition coefficient (Wildman–Crippen LogP) is 6.15. The van der Waals surface area contributed by atoms with Gasteiger partial charge < -0.3 is 14.8 Å². The molecule has 162 valence electrons. The van der Waals surface area contributed by atoms with Crippen molar-refractivity contribution in [1.82, 2.24) is 4.98 Å². The summed E-state index contributed by atoms with van der Waals surface area (Å²) >= 11 is 3.43. The zero-order valence-electron chi connectivity index (χ0n) is 17.3. The highest BCUT2D eigenvalue weighted by molar-refractivity contribution is 9.10. The topological polar surface area (TPSA) is 79.4 Å². The van der Waals surface area contributed by atoms with E-state index in [1.165, 1.54) is 0 Å². The van der Waals surface area contributed by atoms with Gasteiger partial charge in [0.1, 0.15) is 12.4 Å². The molecule has 0 atom stereocenters. The van der Waals surface area contributed by atoms with Gasteiger partial charge in [-0.05, 0) is 54.3 Å². The molecule has 0 aliphatic carbocycles. The minimum atomic E-state index is -0.837. The van der Waals surface area contributed by atoms with Crippen molar-refractivity contribution in [3.05, 3.63) is 99.7 Å². The highest BCUT2D eigenvalue weighted by Crippen LogP contribution is 2.27. The number of carboxylic acids is 1. The molecule has 0 saturated carbocycles. The monoisotopic (exact) mass is 491 g/mol. The van der Waals surface area contributed by atoms with Gasteiger partial charge in [-0.2, -0.15) is 0 Å². The molecule has 4 rings (SSSR count). The number of carboxylic acid groups (broad SMARTS) is 1. The molecule has 0 aliphatic rings. The number of carbonyl (C=O) groups is 2. The van der Waals surface area contributed by atoms with E-state index in [-0.39, 0.29) is 12.2 Å². The van der Waals surface area contributed by atoms with Crippen LogP contribution >= 0.6 is 15.9 Å². The van der Waals surface area contributed by atoms with Crippen LogP contribution in [0.3, 0.4) is 0 Å². The maximum Gasteiger partial charge on any atom is 0.303 e. The average Bonchev–Trinajstić information content (AvgIpc) is 3.16. The number of hydrogen-bond acceptors (Lipinski definition) is 3. The molecule has 4 aromatic rings. The van der Waals surface area contributed by atoms with Crippen molar-refractivity contribution in [3.8, 4) is 5.75 Å². The Labute approximate surface area is 194 Å². The van der Waals surface area contributed by atoms with Crippen molar-refractivity contribution in [2.75, 3.05) is 0 Å². The second kappa shape index (κ2) is 9.83. The first-order valence-electron chi connectivity index (χ1n) is 10.3. The van der Waals surface area contributed by atoms with Crippen molar-refractivity contribution < 1.29 is 19.4 Å². The van der Waals surface area contributed by atoms with Gasteiger partial charge in [-0.25, -0.2) is 0 Å². The molecular formula is C26H22BrNO4. The summed E-state index contributed by atoms with van der Waals surface area (Å²) < 4.78 is 6.79. The molecule has 32 heavy (non-hydrogen) atoms. The highest BCUT2D eigenvalue weighted by Gasteiger charge is 2.19. The third kappa shape index (κ3) is 5.08. The molecule has 0 fully saturated rings. The van der Waals surface area contributed by atoms with E-state index in [1.54, 1.807) is 6.07 Å². The summed E-state index contributed by atoms with van der Waals surface area (Å²) in [4.78, 5) is 27.6. The second-order valence-electron chi connectivity index (χ2n) is 7.55. The van der Waals surface area contributed by atoms with Gasteiger partial charge in [0.05, 0.1) is 5.69 Å². The van der Waals surface area contributed by atoms with Crippen LogP contribution in [0, 0.1) is 0 Å². The number of fused-ring (bicyclic) bond motifs is 1. The van der Waals surface area contributed by atoms with Crippen LogP contribution in [0.15, 0.2) is 77.3 Å². The van der Waals surface area contributed by atoms with Gasteiger partial charge >= 0.3 is 5.97 Å². The molecule has 0 unspecified atom stereocenters. The van der Waals surface area contributed by atoms with Gasteiger partial charge in [-0.1, -0.05) is 58.4 Å². The normalized spacial score (nSPS) is 10.9. The first-order valence-corrected chi connectivity index (χ1v) is 11.1. The number of carbonyl (C=O) groups excluding carboxylic acids is 1. The number of ether oxygens (including phenoxy) is 1. The first kappa shape index (κ1) is 21.8. The minimum absolute atomic E-state index is 0.0650. The second-order valence-corrected chi connectivity index (χ2v) is 8.46. The van der Waals surface area contributed by atoms with E-state index in [4.69, 9.17) is 9.84 Å². The van der Waals surface area contributed by atoms with Crippen LogP contribution in [0.25, 0.3) is 10.9 Å². The van der Waals surface area contributed by atoms with Crippen LogP contribution in [-0.2, 0) is 17.8 Å². The Hall–Kier alpha value is -3.38. The van der Waals surface area contributed by atoms with Crippen LogP contribution in [0.2, 0.25) is 0 Å². The number of aryl methyl sites for hydroxylation is 1. The van der Waals surface area contributed by atoms with Crippen LogP contribution in [0.5, 0.6) is 5.75 Å². The molecule has 1 aromatic heterocycles. The summed E-state index contributed by atoms with van der Waals surface area (Å²) in [6.45, 7) is 0.343. The number of hydrogen-bond donors (Lipinski definition) is 2. The van der Waals surface area contributed by atoms with Crippen LogP contribution in [0.4, 0.5) is 0 Å². The Bertz CT molecular complexity index is 1280. The van der Waals surface area contributed by atoms with Crippen molar-refractivity contribution >= 4 is 38.6 Å². The summed E-state index contributed by atoms with van der Waals surface area (Å²) in [6.07, 6.45) is 1.05. The van der Waals surface area contributed by atoms with Gasteiger partial charge in [0.25, 0.3) is 0 Å². The number of halogens is 1. The van der Waals surface area contributed by atoms with E-state index in [9.17, 15) is 9.59 Å². The molecule has 0 aliphatic heterocycles. The van der Waals surface area contributed by atoms with Crippen LogP contribution in [-0.4, -0.2) is 21.8 Å². The van der Waals surface area contributed by atoms with E-state index in [0.717, 1.165) is 32.3 Å². The quantitative estimate of drug-likeness (QED) is 0.275. The lowest BCUT2D eigenvalue weighted by atomic mass is 9.98. The third-order valence-corrected chi connectivity index (χ3v) is 5.74. The summed E-state index contributed by atoms with van der Waals surface area (Å²) in [5, 5.41) is 9.96. The number of rotatable bonds is 9. The largest absolute Gasteiger partial charge is 0.489 e. The van der Waals surface area contributed by atoms with E-state index in [0.29, 0.717) is 30.7 Å². The number of ketones is 1. The fourth-order valence-electron chi connectivity index (χ4n) is 3.74. The van der Waals surface area contributed by atoms with Crippen molar-refractivity contribution in [3.63, 3.8) is 0 Å². The maximum atomic E-state index is 13.4. The number of benzene rings is 3. The molecule has 1 heterocycles. The lowest BCUT2D eigenvalue weighted by Gasteiger charge is -2.09. The number of aromatic amines is 1. The van der Waals surface area contributed by atoms with Crippen molar-refractivity contribution in [2.45, 2.75) is 25.9 Å². The average molecular weight is 492 g/mol. The summed E-state index contributed by atoms with van der Waals surface area (Å²) in [5.74, 6) is -0.209. The molecule has 0 bridgehead atoms. The van der Waals surface area contributed by atoms with E-state index >= 15 is 0 Å². The van der Waals surface area contributed by atoms with Gasteiger partial charge in [-0.15, -0.1) is 0 Å². The molecule has 0 saturated heterocycles. The Morgan fingerprint density at radius 1 is 0.969 bits per heavy atom. The molecular weight excluding hydrogens is 470 g/mol. The molecule has 6 heteroatoms. The number of nitrogens with one attached hydrogen (secondary N) is 1. The number of aliphatic carboxylic acids is 1. The third-order valence-electron chi connectivity index (χ3n) is 5.25. The van der Waals surface area contributed by atoms with Crippen molar-refractivity contribution in [1.29, 1.82) is 0 Å². The predicted molar refractivity (Wildman–Crippen MR) is 127 cm³/mol. The van der Waals surface area contributed by atoms with Crippen LogP contribution < -0.4 is 4.74 Å². The number of aromatic nitrogens is 1. The molecule has 2 N–H and O–H groups in total. The Kier molecular flexibility index (Phi) is 6.71. The fraction of sp³-hybridized carbons (Fsp3) is 0.154. The Morgan fingerprint density at radius 3 is 2.59 bits per heavy atom. The highest BCUT2D eigenvalue weighted by atomic mass is 79.9. The Morgan fingerprint density at radius 2 is 1.78 bits per heavy atom. The summed E-state index contributed by atoms with van der Waals surface area (Å²) in [5.41, 5.74) is 3.70. The Balaban J connectivity index is 1.58. The lowest BCUT2D eigenvalue weighted by molar-refractivity contribution is -0.137. The molecule has 0 spiro atoms. The van der Waals surface area contributed by atoms with E-state index in [1.807, 2.05) is 66.7 Å². The van der Waals surface area contributed by atoms with Gasteiger partial charge in [0, 0.05) is 27.4 Å². The molecule has 3 aromatic carbocycles. The maximum absolute atomic E-state index is 13.4. The van der Waals surface area contributed by atoms with Crippen molar-refractivity contribution in [2.24, 2.45) is 0 Å². The standard InChI is InChI=1S/C26H22BrNO4/c27-19-8-4-9-20(15-19)32-16-17-6-3-7-18(14-17)26(31)25-22(11-5-13-24(29)30)21-10-1-2-12-23(21)28-25/h1-4,6-10,12,14-15,28H,5,11,13,16H2,(H,29,30). The van der Waals surface area contributed by atoms with E-state index in [2.05, 4.69) is 20.9 Å². The summed E-state index contributed by atoms with van der Waals surface area (Å²) in [7, 11) is 0. The van der Waals surface area contributed by atoms with Gasteiger partial charge in [-0.3, -0.25) is 9.59 Å². The molecule has 5 nitrogen and oxygen atoms in total. The summed E-state index contributed by atoms with van der Waals surface area (Å²) in [6, 6.07) is 22.7.